The van der Waals surface area contributed by atoms with Crippen LogP contribution in [0, 0.1) is 11.3 Å². The van der Waals surface area contributed by atoms with Gasteiger partial charge in [0.1, 0.15) is 0 Å². The van der Waals surface area contributed by atoms with Gasteiger partial charge in [0.2, 0.25) is 0 Å². The Kier molecular flexibility index (Phi) is 3.66. The van der Waals surface area contributed by atoms with Gasteiger partial charge in [-0.2, -0.15) is 5.26 Å². The summed E-state index contributed by atoms with van der Waals surface area (Å²) in [6, 6.07) is 13.8. The Balaban J connectivity index is 2.10. The molecule has 3 heterocycles. The van der Waals surface area contributed by atoms with Crippen LogP contribution in [-0.4, -0.2) is 15.0 Å². The maximum Gasteiger partial charge on any atom is 0.0781 e. The molecule has 100 valence electrons. The first-order chi connectivity index (χ1) is 10.4. The Labute approximate surface area is 122 Å². The maximum atomic E-state index is 9.04. The molecular weight excluding hydrogens is 260 g/mol. The van der Waals surface area contributed by atoms with E-state index in [-0.39, 0.29) is 6.42 Å². The van der Waals surface area contributed by atoms with Crippen LogP contribution in [0.15, 0.2) is 61.2 Å². The average molecular weight is 272 g/mol. The van der Waals surface area contributed by atoms with Crippen molar-refractivity contribution in [1.29, 1.82) is 5.26 Å². The molecule has 3 rings (SSSR count). The van der Waals surface area contributed by atoms with E-state index >= 15 is 0 Å². The first-order valence-corrected chi connectivity index (χ1v) is 6.56. The van der Waals surface area contributed by atoms with Crippen LogP contribution in [-0.2, 0) is 6.42 Å². The number of nitrogens with zero attached hydrogens (tertiary/aromatic N) is 4. The van der Waals surface area contributed by atoms with Gasteiger partial charge in [-0.25, -0.2) is 0 Å². The second-order valence-corrected chi connectivity index (χ2v) is 4.50. The number of hydrogen-bond acceptors (Lipinski definition) is 4. The highest BCUT2D eigenvalue weighted by molar-refractivity contribution is 5.69. The van der Waals surface area contributed by atoms with E-state index in [9.17, 15) is 0 Å². The lowest BCUT2D eigenvalue weighted by atomic mass is 10.0. The van der Waals surface area contributed by atoms with Crippen LogP contribution in [0.1, 0.15) is 5.69 Å². The zero-order valence-corrected chi connectivity index (χ0v) is 11.3. The van der Waals surface area contributed by atoms with Gasteiger partial charge >= 0.3 is 0 Å². The molecule has 4 nitrogen and oxygen atoms in total. The van der Waals surface area contributed by atoms with Gasteiger partial charge in [0, 0.05) is 35.9 Å². The molecule has 21 heavy (non-hydrogen) atoms. The second-order valence-electron chi connectivity index (χ2n) is 4.50. The standard InChI is InChI=1S/C17H12N4/c18-8-3-17-15(13-4-9-19-10-5-13)1-2-16(21-17)14-6-11-20-12-7-14/h1-2,4-7,9-12H,3H2. The Morgan fingerprint density at radius 3 is 2.05 bits per heavy atom. The third-order valence-electron chi connectivity index (χ3n) is 3.19. The number of pyridine rings is 3. The van der Waals surface area contributed by atoms with Crippen LogP contribution < -0.4 is 0 Å². The molecular formula is C17H12N4. The van der Waals surface area contributed by atoms with Crippen molar-refractivity contribution in [1.82, 2.24) is 15.0 Å². The number of nitriles is 1. The Bertz CT molecular complexity index is 777. The molecule has 0 fully saturated rings. The molecule has 0 aliphatic carbocycles. The van der Waals surface area contributed by atoms with E-state index in [1.165, 1.54) is 0 Å². The van der Waals surface area contributed by atoms with E-state index in [4.69, 9.17) is 5.26 Å². The van der Waals surface area contributed by atoms with E-state index in [0.717, 1.165) is 28.1 Å². The highest BCUT2D eigenvalue weighted by Crippen LogP contribution is 2.26. The van der Waals surface area contributed by atoms with Gasteiger partial charge < -0.3 is 0 Å². The van der Waals surface area contributed by atoms with E-state index in [1.54, 1.807) is 24.8 Å². The van der Waals surface area contributed by atoms with Crippen LogP contribution in [0.4, 0.5) is 0 Å². The van der Waals surface area contributed by atoms with Gasteiger partial charge in [-0.15, -0.1) is 0 Å². The second kappa shape index (κ2) is 5.93. The third kappa shape index (κ3) is 2.77. The maximum absolute atomic E-state index is 9.04. The van der Waals surface area contributed by atoms with Crippen molar-refractivity contribution in [2.75, 3.05) is 0 Å². The predicted molar refractivity (Wildman–Crippen MR) is 80.0 cm³/mol. The summed E-state index contributed by atoms with van der Waals surface area (Å²) < 4.78 is 0. The molecule has 0 saturated heterocycles. The van der Waals surface area contributed by atoms with Crippen molar-refractivity contribution >= 4 is 0 Å². The molecule has 0 aliphatic heterocycles. The number of rotatable bonds is 3. The lowest BCUT2D eigenvalue weighted by Gasteiger charge is -2.09. The first-order valence-electron chi connectivity index (χ1n) is 6.56. The minimum atomic E-state index is 0.274. The smallest absolute Gasteiger partial charge is 0.0781 e. The molecule has 0 amide bonds. The van der Waals surface area contributed by atoms with Gasteiger partial charge in [0.15, 0.2) is 0 Å². The molecule has 4 heteroatoms. The fourth-order valence-corrected chi connectivity index (χ4v) is 2.19. The molecule has 3 aromatic heterocycles. The van der Waals surface area contributed by atoms with Crippen LogP contribution in [0.2, 0.25) is 0 Å². The molecule has 0 aliphatic rings. The van der Waals surface area contributed by atoms with Crippen LogP contribution in [0.3, 0.4) is 0 Å². The SMILES string of the molecule is N#CCc1nc(-c2ccncc2)ccc1-c1ccncc1. The van der Waals surface area contributed by atoms with E-state index in [1.807, 2.05) is 36.4 Å². The van der Waals surface area contributed by atoms with Gasteiger partial charge in [0.05, 0.1) is 23.9 Å². The van der Waals surface area contributed by atoms with Crippen LogP contribution in [0.25, 0.3) is 22.4 Å². The summed E-state index contributed by atoms with van der Waals surface area (Å²) in [6.07, 6.45) is 7.22. The zero-order valence-electron chi connectivity index (χ0n) is 11.3. The van der Waals surface area contributed by atoms with Gasteiger partial charge in [-0.05, 0) is 35.9 Å². The zero-order chi connectivity index (χ0) is 14.5. The summed E-state index contributed by atoms with van der Waals surface area (Å²) in [5, 5.41) is 9.04. The summed E-state index contributed by atoms with van der Waals surface area (Å²) in [5.74, 6) is 0. The normalized spacial score (nSPS) is 10.0. The Morgan fingerprint density at radius 1 is 0.810 bits per heavy atom. The third-order valence-corrected chi connectivity index (χ3v) is 3.19. The lowest BCUT2D eigenvalue weighted by molar-refractivity contribution is 1.12. The van der Waals surface area contributed by atoms with Gasteiger partial charge in [-0.1, -0.05) is 6.07 Å². The highest BCUT2D eigenvalue weighted by Gasteiger charge is 2.09. The highest BCUT2D eigenvalue weighted by atomic mass is 14.7. The number of hydrogen-bond donors (Lipinski definition) is 0. The summed E-state index contributed by atoms with van der Waals surface area (Å²) in [5.41, 5.74) is 4.60. The van der Waals surface area contributed by atoms with E-state index in [0.29, 0.717) is 0 Å². The average Bonchev–Trinajstić information content (AvgIpc) is 2.57. The van der Waals surface area contributed by atoms with Crippen molar-refractivity contribution < 1.29 is 0 Å². The number of aromatic nitrogens is 3. The molecule has 0 N–H and O–H groups in total. The minimum absolute atomic E-state index is 0.274. The largest absolute Gasteiger partial charge is 0.265 e. The fourth-order valence-electron chi connectivity index (χ4n) is 2.19. The van der Waals surface area contributed by atoms with Crippen molar-refractivity contribution in [3.8, 4) is 28.5 Å². The summed E-state index contributed by atoms with van der Waals surface area (Å²) in [7, 11) is 0. The van der Waals surface area contributed by atoms with Crippen LogP contribution >= 0.6 is 0 Å². The van der Waals surface area contributed by atoms with Crippen molar-refractivity contribution in [3.05, 3.63) is 66.9 Å². The summed E-state index contributed by atoms with van der Waals surface area (Å²) in [6.45, 7) is 0. The first kappa shape index (κ1) is 12.9. The van der Waals surface area contributed by atoms with Crippen molar-refractivity contribution in [2.24, 2.45) is 0 Å². The van der Waals surface area contributed by atoms with Crippen molar-refractivity contribution in [2.45, 2.75) is 6.42 Å². The van der Waals surface area contributed by atoms with Crippen molar-refractivity contribution in [3.63, 3.8) is 0 Å². The molecule has 0 aromatic carbocycles. The van der Waals surface area contributed by atoms with Gasteiger partial charge in [0.25, 0.3) is 0 Å². The predicted octanol–water partition coefficient (Wildman–Crippen LogP) is 3.27. The monoisotopic (exact) mass is 272 g/mol. The molecule has 0 saturated carbocycles. The molecule has 0 unspecified atom stereocenters. The minimum Gasteiger partial charge on any atom is -0.265 e. The Hall–Kier alpha value is -3.06. The molecule has 0 bridgehead atoms. The molecule has 0 radical (unpaired) electrons. The summed E-state index contributed by atoms with van der Waals surface area (Å²) >= 11 is 0. The van der Waals surface area contributed by atoms with Crippen LogP contribution in [0.5, 0.6) is 0 Å². The quantitative estimate of drug-likeness (QED) is 0.734. The topological polar surface area (TPSA) is 62.5 Å². The Morgan fingerprint density at radius 2 is 1.43 bits per heavy atom. The molecule has 3 aromatic rings. The van der Waals surface area contributed by atoms with Gasteiger partial charge in [-0.3, -0.25) is 15.0 Å². The van der Waals surface area contributed by atoms with E-state index in [2.05, 4.69) is 21.0 Å². The lowest BCUT2D eigenvalue weighted by Crippen LogP contribution is -1.96. The molecule has 0 spiro atoms. The van der Waals surface area contributed by atoms with E-state index < -0.39 is 0 Å². The summed E-state index contributed by atoms with van der Waals surface area (Å²) in [4.78, 5) is 12.7. The fraction of sp³-hybridized carbons (Fsp3) is 0.0588. The molecule has 0 atom stereocenters.